The lowest BCUT2D eigenvalue weighted by atomic mass is 9.95. The molecule has 0 aromatic heterocycles. The third-order valence-corrected chi connectivity index (χ3v) is 7.62. The summed E-state index contributed by atoms with van der Waals surface area (Å²) in [6, 6.07) is 9.43. The number of aromatic hydroxyl groups is 1. The standard InChI is InChI=1S/C28H34O14/c1-11-21(31)23(33)25(35)27(39-11)38-10-19-22(32)24(34)26(36)28(42-19)40-14-7-15(29)20-16(30)9-17(41-18(20)8-14)12-3-5-13(37-2)6-4-12/h3-8,11,17,19,21-29,31-36H,9-10H2,1-2H3/t11?,17?,19-,21-,22-,23+,24+,25+,26-,27?,28-/m0/s1. The molecule has 0 spiro atoms. The second-order valence-corrected chi connectivity index (χ2v) is 10.5. The molecule has 0 saturated carbocycles. The zero-order chi connectivity index (χ0) is 30.3. The highest BCUT2D eigenvalue weighted by Gasteiger charge is 2.47. The van der Waals surface area contributed by atoms with E-state index < -0.39 is 79.9 Å². The molecule has 11 atom stereocenters. The number of benzene rings is 2. The van der Waals surface area contributed by atoms with Gasteiger partial charge in [0.1, 0.15) is 77.4 Å². The predicted octanol–water partition coefficient (Wildman–Crippen LogP) is -0.862. The largest absolute Gasteiger partial charge is 0.507 e. The van der Waals surface area contributed by atoms with E-state index in [0.29, 0.717) is 11.3 Å². The molecule has 3 heterocycles. The Morgan fingerprint density at radius 3 is 2.19 bits per heavy atom. The van der Waals surface area contributed by atoms with Crippen molar-refractivity contribution in [1.82, 2.24) is 0 Å². The average Bonchev–Trinajstić information content (AvgIpc) is 2.97. The summed E-state index contributed by atoms with van der Waals surface area (Å²) in [5.74, 6) is -0.190. The number of phenolic OH excluding ortho intramolecular Hbond substituents is 1. The van der Waals surface area contributed by atoms with E-state index in [0.717, 1.165) is 6.07 Å². The topological polar surface area (TPSA) is 214 Å². The van der Waals surface area contributed by atoms with Gasteiger partial charge in [0.2, 0.25) is 6.29 Å². The molecule has 2 saturated heterocycles. The number of carbonyl (C=O) groups excluding carboxylic acids is 1. The van der Waals surface area contributed by atoms with Crippen LogP contribution in [0.15, 0.2) is 36.4 Å². The minimum atomic E-state index is -1.75. The van der Waals surface area contributed by atoms with E-state index in [4.69, 9.17) is 28.4 Å². The van der Waals surface area contributed by atoms with E-state index in [1.54, 1.807) is 24.3 Å². The lowest BCUT2D eigenvalue weighted by Crippen LogP contribution is -2.61. The van der Waals surface area contributed by atoms with Crippen LogP contribution in [0.5, 0.6) is 23.0 Å². The van der Waals surface area contributed by atoms with Crippen molar-refractivity contribution < 1.29 is 69.0 Å². The Morgan fingerprint density at radius 1 is 0.833 bits per heavy atom. The Morgan fingerprint density at radius 2 is 1.50 bits per heavy atom. The number of phenols is 1. The molecule has 0 radical (unpaired) electrons. The van der Waals surface area contributed by atoms with Gasteiger partial charge in [0.25, 0.3) is 0 Å². The minimum Gasteiger partial charge on any atom is -0.507 e. The molecular weight excluding hydrogens is 560 g/mol. The molecule has 0 aliphatic carbocycles. The van der Waals surface area contributed by atoms with Crippen molar-refractivity contribution in [2.75, 3.05) is 13.7 Å². The van der Waals surface area contributed by atoms with Crippen molar-refractivity contribution in [3.63, 3.8) is 0 Å². The van der Waals surface area contributed by atoms with Crippen LogP contribution in [0, 0.1) is 0 Å². The Balaban J connectivity index is 1.29. The van der Waals surface area contributed by atoms with Gasteiger partial charge in [-0.25, -0.2) is 0 Å². The number of aliphatic hydroxyl groups is 6. The van der Waals surface area contributed by atoms with Crippen molar-refractivity contribution in [2.24, 2.45) is 0 Å². The molecule has 2 aromatic carbocycles. The average molecular weight is 595 g/mol. The van der Waals surface area contributed by atoms with Crippen LogP contribution in [0.2, 0.25) is 0 Å². The predicted molar refractivity (Wildman–Crippen MR) is 139 cm³/mol. The molecule has 42 heavy (non-hydrogen) atoms. The van der Waals surface area contributed by atoms with E-state index >= 15 is 0 Å². The van der Waals surface area contributed by atoms with Crippen molar-refractivity contribution in [3.05, 3.63) is 47.5 Å². The van der Waals surface area contributed by atoms with Crippen LogP contribution >= 0.6 is 0 Å². The van der Waals surface area contributed by atoms with Crippen LogP contribution in [-0.4, -0.2) is 117 Å². The van der Waals surface area contributed by atoms with E-state index in [1.165, 1.54) is 20.1 Å². The van der Waals surface area contributed by atoms with Crippen molar-refractivity contribution >= 4 is 5.78 Å². The molecule has 230 valence electrons. The highest BCUT2D eigenvalue weighted by atomic mass is 16.7. The molecule has 14 nitrogen and oxygen atoms in total. The van der Waals surface area contributed by atoms with Gasteiger partial charge in [-0.15, -0.1) is 0 Å². The smallest absolute Gasteiger partial charge is 0.229 e. The highest BCUT2D eigenvalue weighted by molar-refractivity contribution is 6.02. The number of fused-ring (bicyclic) bond motifs is 1. The number of methoxy groups -OCH3 is 1. The molecule has 0 amide bonds. The second-order valence-electron chi connectivity index (χ2n) is 10.5. The maximum atomic E-state index is 12.9. The van der Waals surface area contributed by atoms with Gasteiger partial charge in [-0.1, -0.05) is 12.1 Å². The summed E-state index contributed by atoms with van der Waals surface area (Å²) >= 11 is 0. The van der Waals surface area contributed by atoms with Gasteiger partial charge in [0, 0.05) is 12.1 Å². The van der Waals surface area contributed by atoms with Gasteiger partial charge in [-0.3, -0.25) is 4.79 Å². The number of carbonyl (C=O) groups is 1. The van der Waals surface area contributed by atoms with Crippen molar-refractivity contribution in [1.29, 1.82) is 0 Å². The molecular formula is C28H34O14. The summed E-state index contributed by atoms with van der Waals surface area (Å²) in [5.41, 5.74) is 0.668. The Hall–Kier alpha value is -3.05. The summed E-state index contributed by atoms with van der Waals surface area (Å²) in [5, 5.41) is 72.1. The first-order chi connectivity index (χ1) is 20.0. The normalized spacial score (nSPS) is 36.6. The Kier molecular flexibility index (Phi) is 8.89. The number of Topliss-reactive ketones (excluding diaryl/α,β-unsaturated/α-hetero) is 1. The van der Waals surface area contributed by atoms with Gasteiger partial charge in [0.05, 0.1) is 26.2 Å². The van der Waals surface area contributed by atoms with Crippen molar-refractivity contribution in [3.8, 4) is 23.0 Å². The molecule has 5 rings (SSSR count). The quantitative estimate of drug-likeness (QED) is 0.208. The number of hydrogen-bond acceptors (Lipinski definition) is 14. The van der Waals surface area contributed by atoms with Gasteiger partial charge < -0.3 is 64.2 Å². The fourth-order valence-corrected chi connectivity index (χ4v) is 5.11. The molecule has 0 bridgehead atoms. The van der Waals surface area contributed by atoms with E-state index in [1.807, 2.05) is 0 Å². The maximum absolute atomic E-state index is 12.9. The summed E-state index contributed by atoms with van der Waals surface area (Å²) in [7, 11) is 1.53. The van der Waals surface area contributed by atoms with Crippen LogP contribution in [0.1, 0.15) is 35.4 Å². The molecule has 3 aliphatic heterocycles. The van der Waals surface area contributed by atoms with Crippen LogP contribution in [0.4, 0.5) is 0 Å². The van der Waals surface area contributed by atoms with Gasteiger partial charge in [0.15, 0.2) is 12.1 Å². The first kappa shape index (κ1) is 30.4. The van der Waals surface area contributed by atoms with Crippen LogP contribution in [0.25, 0.3) is 0 Å². The fourth-order valence-electron chi connectivity index (χ4n) is 5.11. The van der Waals surface area contributed by atoms with E-state index in [9.17, 15) is 40.5 Å². The monoisotopic (exact) mass is 594 g/mol. The summed E-state index contributed by atoms with van der Waals surface area (Å²) in [4.78, 5) is 12.9. The summed E-state index contributed by atoms with van der Waals surface area (Å²) in [6.45, 7) is 0.995. The molecule has 14 heteroatoms. The Bertz CT molecular complexity index is 1250. The molecule has 2 aromatic rings. The van der Waals surface area contributed by atoms with Gasteiger partial charge >= 0.3 is 0 Å². The SMILES string of the molecule is COc1ccc(C2CC(=O)c3c(O)cc(O[C@H]4O[C@@H](COC5OC(C)[C@H](O)[C@@H](O)[C@H]5O)[C@H](O)[C@@H](O)[C@@H]4O)cc3O2)cc1. The zero-order valence-corrected chi connectivity index (χ0v) is 22.7. The minimum absolute atomic E-state index is 0.0164. The number of ketones is 1. The zero-order valence-electron chi connectivity index (χ0n) is 22.7. The molecule has 3 aliphatic rings. The first-order valence-electron chi connectivity index (χ1n) is 13.4. The van der Waals surface area contributed by atoms with E-state index in [-0.39, 0.29) is 29.3 Å². The number of ether oxygens (including phenoxy) is 6. The number of aliphatic hydroxyl groups excluding tert-OH is 6. The van der Waals surface area contributed by atoms with Gasteiger partial charge in [-0.05, 0) is 24.6 Å². The van der Waals surface area contributed by atoms with Gasteiger partial charge in [-0.2, -0.15) is 0 Å². The number of rotatable bonds is 7. The Labute approximate surface area is 240 Å². The highest BCUT2D eigenvalue weighted by Crippen LogP contribution is 2.42. The number of hydrogen-bond donors (Lipinski definition) is 7. The summed E-state index contributed by atoms with van der Waals surface area (Å²) < 4.78 is 33.4. The lowest BCUT2D eigenvalue weighted by Gasteiger charge is -2.42. The third kappa shape index (κ3) is 5.90. The lowest BCUT2D eigenvalue weighted by molar-refractivity contribution is -0.318. The molecule has 7 N–H and O–H groups in total. The van der Waals surface area contributed by atoms with Crippen LogP contribution in [0.3, 0.4) is 0 Å². The molecule has 2 fully saturated rings. The fraction of sp³-hybridized carbons (Fsp3) is 0.536. The van der Waals surface area contributed by atoms with Crippen LogP contribution < -0.4 is 14.2 Å². The van der Waals surface area contributed by atoms with E-state index in [2.05, 4.69) is 0 Å². The third-order valence-electron chi connectivity index (χ3n) is 7.62. The summed E-state index contributed by atoms with van der Waals surface area (Å²) in [6.07, 6.45) is -15.4. The van der Waals surface area contributed by atoms with Crippen molar-refractivity contribution in [2.45, 2.75) is 80.9 Å². The van der Waals surface area contributed by atoms with Crippen LogP contribution in [-0.2, 0) is 14.2 Å². The molecule has 3 unspecified atom stereocenters. The second kappa shape index (κ2) is 12.3. The maximum Gasteiger partial charge on any atom is 0.229 e. The first-order valence-corrected chi connectivity index (χ1v) is 13.4.